The summed E-state index contributed by atoms with van der Waals surface area (Å²) >= 11 is 18.1. The smallest absolute Gasteiger partial charge is 0.271 e. The number of nitrogens with one attached hydrogen (secondary N) is 2. The van der Waals surface area contributed by atoms with Crippen LogP contribution < -0.4 is 15.4 Å². The van der Waals surface area contributed by atoms with Gasteiger partial charge in [0.2, 0.25) is 0 Å². The SMILES string of the molecule is O=[N+]([O-])c1ccc(NCCNCc2ccc(OCc3ccc(Cl)cc3Cl)cc2)c(Cl)c1. The Labute approximate surface area is 195 Å². The zero-order chi connectivity index (χ0) is 22.2. The fraction of sp³-hybridized carbons (Fsp3) is 0.182. The fourth-order valence-corrected chi connectivity index (χ4v) is 3.49. The summed E-state index contributed by atoms with van der Waals surface area (Å²) in [6, 6.07) is 17.5. The number of nitro benzene ring substituents is 1. The molecule has 0 atom stereocenters. The Morgan fingerprint density at radius 3 is 2.35 bits per heavy atom. The van der Waals surface area contributed by atoms with Gasteiger partial charge in [-0.1, -0.05) is 53.0 Å². The van der Waals surface area contributed by atoms with Gasteiger partial charge in [-0.15, -0.1) is 0 Å². The Balaban J connectivity index is 1.39. The summed E-state index contributed by atoms with van der Waals surface area (Å²) in [5.41, 5.74) is 2.62. The van der Waals surface area contributed by atoms with E-state index in [1.165, 1.54) is 12.1 Å². The van der Waals surface area contributed by atoms with Gasteiger partial charge in [0.25, 0.3) is 5.69 Å². The number of halogens is 3. The summed E-state index contributed by atoms with van der Waals surface area (Å²) in [6.45, 7) is 2.38. The molecule has 0 heterocycles. The van der Waals surface area contributed by atoms with Crippen molar-refractivity contribution in [1.29, 1.82) is 0 Å². The lowest BCUT2D eigenvalue weighted by molar-refractivity contribution is -0.384. The predicted octanol–water partition coefficient (Wildman–Crippen LogP) is 6.34. The van der Waals surface area contributed by atoms with Gasteiger partial charge in [0, 0.05) is 47.4 Å². The summed E-state index contributed by atoms with van der Waals surface area (Å²) in [5, 5.41) is 18.7. The summed E-state index contributed by atoms with van der Waals surface area (Å²) in [7, 11) is 0. The van der Waals surface area contributed by atoms with E-state index in [2.05, 4.69) is 10.6 Å². The molecule has 31 heavy (non-hydrogen) atoms. The molecule has 0 aromatic heterocycles. The maximum absolute atomic E-state index is 10.7. The molecule has 0 bridgehead atoms. The third kappa shape index (κ3) is 7.01. The molecule has 0 fully saturated rings. The van der Waals surface area contributed by atoms with Crippen LogP contribution in [0.15, 0.2) is 60.7 Å². The lowest BCUT2D eigenvalue weighted by Crippen LogP contribution is -2.21. The van der Waals surface area contributed by atoms with E-state index < -0.39 is 4.92 Å². The number of ether oxygens (including phenoxy) is 1. The quantitative estimate of drug-likeness (QED) is 0.201. The van der Waals surface area contributed by atoms with Gasteiger partial charge >= 0.3 is 0 Å². The minimum atomic E-state index is -0.472. The highest BCUT2D eigenvalue weighted by Gasteiger charge is 2.09. The van der Waals surface area contributed by atoms with E-state index in [-0.39, 0.29) is 5.69 Å². The first-order valence-electron chi connectivity index (χ1n) is 9.46. The molecule has 3 aromatic rings. The molecule has 0 saturated carbocycles. The molecule has 6 nitrogen and oxygen atoms in total. The highest BCUT2D eigenvalue weighted by atomic mass is 35.5. The third-order valence-electron chi connectivity index (χ3n) is 4.44. The van der Waals surface area contributed by atoms with Crippen molar-refractivity contribution in [3.8, 4) is 5.75 Å². The summed E-state index contributed by atoms with van der Waals surface area (Å²) in [5.74, 6) is 0.754. The Kier molecular flexibility index (Phi) is 8.37. The van der Waals surface area contributed by atoms with Crippen molar-refractivity contribution in [2.45, 2.75) is 13.2 Å². The number of rotatable bonds is 10. The zero-order valence-corrected chi connectivity index (χ0v) is 18.7. The molecule has 0 spiro atoms. The second-order valence-electron chi connectivity index (χ2n) is 6.69. The first kappa shape index (κ1) is 23.2. The Hall–Kier alpha value is -2.51. The maximum Gasteiger partial charge on any atom is 0.271 e. The van der Waals surface area contributed by atoms with E-state index in [4.69, 9.17) is 39.5 Å². The molecule has 162 valence electrons. The van der Waals surface area contributed by atoms with E-state index in [1.54, 1.807) is 18.2 Å². The fourth-order valence-electron chi connectivity index (χ4n) is 2.78. The Morgan fingerprint density at radius 2 is 1.68 bits per heavy atom. The molecule has 0 unspecified atom stereocenters. The molecule has 2 N–H and O–H groups in total. The van der Waals surface area contributed by atoms with Crippen LogP contribution in [0.25, 0.3) is 0 Å². The average molecular weight is 481 g/mol. The first-order chi connectivity index (χ1) is 14.9. The Morgan fingerprint density at radius 1 is 0.903 bits per heavy atom. The van der Waals surface area contributed by atoms with Crippen molar-refractivity contribution >= 4 is 46.2 Å². The number of hydrogen-bond acceptors (Lipinski definition) is 5. The molecule has 0 aliphatic carbocycles. The summed E-state index contributed by atoms with van der Waals surface area (Å²) in [6.07, 6.45) is 0. The zero-order valence-electron chi connectivity index (χ0n) is 16.4. The van der Waals surface area contributed by atoms with Gasteiger partial charge in [-0.3, -0.25) is 10.1 Å². The van der Waals surface area contributed by atoms with Gasteiger partial charge < -0.3 is 15.4 Å². The van der Waals surface area contributed by atoms with Crippen LogP contribution in [0.2, 0.25) is 15.1 Å². The number of hydrogen-bond donors (Lipinski definition) is 2. The van der Waals surface area contributed by atoms with Gasteiger partial charge in [0.15, 0.2) is 0 Å². The minimum absolute atomic E-state index is 0.0302. The summed E-state index contributed by atoms with van der Waals surface area (Å²) in [4.78, 5) is 10.3. The second-order valence-corrected chi connectivity index (χ2v) is 7.94. The number of anilines is 1. The average Bonchev–Trinajstić information content (AvgIpc) is 2.74. The van der Waals surface area contributed by atoms with Crippen LogP contribution in [-0.2, 0) is 13.2 Å². The maximum atomic E-state index is 10.7. The van der Waals surface area contributed by atoms with Gasteiger partial charge in [0.05, 0.1) is 15.6 Å². The van der Waals surface area contributed by atoms with E-state index >= 15 is 0 Å². The van der Waals surface area contributed by atoms with Gasteiger partial charge in [-0.2, -0.15) is 0 Å². The molecule has 0 radical (unpaired) electrons. The summed E-state index contributed by atoms with van der Waals surface area (Å²) < 4.78 is 5.78. The largest absolute Gasteiger partial charge is 0.489 e. The van der Waals surface area contributed by atoms with Crippen LogP contribution in [0.4, 0.5) is 11.4 Å². The molecular formula is C22H20Cl3N3O3. The van der Waals surface area contributed by atoms with Crippen LogP contribution in [0.1, 0.15) is 11.1 Å². The first-order valence-corrected chi connectivity index (χ1v) is 10.6. The number of non-ortho nitro benzene ring substituents is 1. The highest BCUT2D eigenvalue weighted by Crippen LogP contribution is 2.26. The highest BCUT2D eigenvalue weighted by molar-refractivity contribution is 6.35. The van der Waals surface area contributed by atoms with Crippen molar-refractivity contribution in [3.63, 3.8) is 0 Å². The Bertz CT molecular complexity index is 1050. The van der Waals surface area contributed by atoms with Gasteiger partial charge in [0.1, 0.15) is 12.4 Å². The topological polar surface area (TPSA) is 76.4 Å². The van der Waals surface area contributed by atoms with Crippen molar-refractivity contribution < 1.29 is 9.66 Å². The second kappa shape index (κ2) is 11.2. The third-order valence-corrected chi connectivity index (χ3v) is 5.34. The van der Waals surface area contributed by atoms with Crippen molar-refractivity contribution in [1.82, 2.24) is 5.32 Å². The standard InChI is InChI=1S/C22H20Cl3N3O3/c23-17-4-3-16(20(24)11-17)14-31-19-6-1-15(2-7-19)13-26-9-10-27-22-8-5-18(28(29)30)12-21(22)25/h1-8,11-12,26-27H,9-10,13-14H2. The van der Waals surface area contributed by atoms with Crippen LogP contribution >= 0.6 is 34.8 Å². The number of benzene rings is 3. The van der Waals surface area contributed by atoms with Crippen LogP contribution in [0.5, 0.6) is 5.75 Å². The molecular weight excluding hydrogens is 461 g/mol. The van der Waals surface area contributed by atoms with Crippen molar-refractivity contribution in [3.05, 3.63) is 97.0 Å². The van der Waals surface area contributed by atoms with E-state index in [1.807, 2.05) is 30.3 Å². The monoisotopic (exact) mass is 479 g/mol. The predicted molar refractivity (Wildman–Crippen MR) is 126 cm³/mol. The van der Waals surface area contributed by atoms with Crippen LogP contribution in [0, 0.1) is 10.1 Å². The molecule has 0 saturated heterocycles. The molecule has 9 heteroatoms. The van der Waals surface area contributed by atoms with Crippen molar-refractivity contribution in [2.24, 2.45) is 0 Å². The molecule has 0 aliphatic heterocycles. The van der Waals surface area contributed by atoms with E-state index in [0.717, 1.165) is 16.9 Å². The van der Waals surface area contributed by atoms with E-state index in [9.17, 15) is 10.1 Å². The normalized spacial score (nSPS) is 10.7. The lowest BCUT2D eigenvalue weighted by atomic mass is 10.2. The van der Waals surface area contributed by atoms with Gasteiger partial charge in [-0.25, -0.2) is 0 Å². The molecule has 3 rings (SSSR count). The molecule has 0 aliphatic rings. The van der Waals surface area contributed by atoms with Crippen LogP contribution in [0.3, 0.4) is 0 Å². The van der Waals surface area contributed by atoms with Crippen LogP contribution in [-0.4, -0.2) is 18.0 Å². The molecule has 0 amide bonds. The number of nitrogens with zero attached hydrogens (tertiary/aromatic N) is 1. The molecule has 3 aromatic carbocycles. The van der Waals surface area contributed by atoms with Crippen molar-refractivity contribution in [2.75, 3.05) is 18.4 Å². The lowest BCUT2D eigenvalue weighted by Gasteiger charge is -2.11. The van der Waals surface area contributed by atoms with Gasteiger partial charge in [-0.05, 0) is 35.9 Å². The van der Waals surface area contributed by atoms with E-state index in [0.29, 0.717) is 47.0 Å². The minimum Gasteiger partial charge on any atom is -0.489 e. The number of nitro groups is 1.